The molecule has 7 heteroatoms. The smallest absolute Gasteiger partial charge is 0.352 e. The van der Waals surface area contributed by atoms with E-state index < -0.39 is 11.7 Å². The molecule has 0 unspecified atom stereocenters. The van der Waals surface area contributed by atoms with Crippen molar-refractivity contribution in [3.63, 3.8) is 0 Å². The van der Waals surface area contributed by atoms with E-state index >= 15 is 0 Å². The molecule has 30 heavy (non-hydrogen) atoms. The largest absolute Gasteiger partial charge is 0.416 e. The topological polar surface area (TPSA) is 57.8 Å². The zero-order chi connectivity index (χ0) is 21.1. The van der Waals surface area contributed by atoms with Gasteiger partial charge in [-0.25, -0.2) is 4.98 Å². The van der Waals surface area contributed by atoms with E-state index in [4.69, 9.17) is 0 Å². The van der Waals surface area contributed by atoms with Crippen LogP contribution in [0.1, 0.15) is 42.6 Å². The molecule has 4 nitrogen and oxygen atoms in total. The van der Waals surface area contributed by atoms with Gasteiger partial charge in [0.2, 0.25) is 5.91 Å². The Morgan fingerprint density at radius 3 is 2.47 bits per heavy atom. The first-order valence-corrected chi connectivity index (χ1v) is 10.3. The highest BCUT2D eigenvalue weighted by Crippen LogP contribution is 2.33. The van der Waals surface area contributed by atoms with E-state index in [0.717, 1.165) is 55.0 Å². The average Bonchev–Trinajstić information content (AvgIpc) is 3.14. The summed E-state index contributed by atoms with van der Waals surface area (Å²) < 4.78 is 39.3. The fourth-order valence-corrected chi connectivity index (χ4v) is 4.28. The Balaban J connectivity index is 1.28. The number of benzene rings is 2. The molecule has 0 saturated heterocycles. The number of para-hydroxylation sites is 2. The number of aromatic amines is 1. The predicted molar refractivity (Wildman–Crippen MR) is 109 cm³/mol. The van der Waals surface area contributed by atoms with Gasteiger partial charge >= 0.3 is 6.18 Å². The van der Waals surface area contributed by atoms with Gasteiger partial charge in [-0.1, -0.05) is 30.3 Å². The van der Waals surface area contributed by atoms with Crippen LogP contribution in [0.2, 0.25) is 0 Å². The van der Waals surface area contributed by atoms with E-state index in [1.165, 1.54) is 12.1 Å². The Labute approximate surface area is 172 Å². The molecule has 158 valence electrons. The Morgan fingerprint density at radius 2 is 1.73 bits per heavy atom. The van der Waals surface area contributed by atoms with Crippen molar-refractivity contribution in [2.75, 3.05) is 0 Å². The number of fused-ring (bicyclic) bond motifs is 1. The Morgan fingerprint density at radius 1 is 1.03 bits per heavy atom. The third kappa shape index (κ3) is 4.66. The lowest BCUT2D eigenvalue weighted by molar-refractivity contribution is -0.138. The molecule has 1 amide bonds. The standard InChI is InChI=1S/C23H24F3N3O/c24-23(25,26)18-6-2-1-5-17(18)14-27-22(30)16-11-9-15(10-12-16)13-21-28-19-7-3-4-8-20(19)29-21/h1-8,15-16H,9-14H2,(H,27,30)(H,28,29). The van der Waals surface area contributed by atoms with Crippen LogP contribution in [-0.4, -0.2) is 15.9 Å². The van der Waals surface area contributed by atoms with Gasteiger partial charge in [0.15, 0.2) is 0 Å². The number of H-pyrrole nitrogens is 1. The van der Waals surface area contributed by atoms with Crippen molar-refractivity contribution in [3.8, 4) is 0 Å². The number of nitrogens with one attached hydrogen (secondary N) is 2. The van der Waals surface area contributed by atoms with Gasteiger partial charge in [-0.05, 0) is 55.4 Å². The maximum atomic E-state index is 13.1. The number of amides is 1. The van der Waals surface area contributed by atoms with Crippen LogP contribution in [0.25, 0.3) is 11.0 Å². The summed E-state index contributed by atoms with van der Waals surface area (Å²) in [4.78, 5) is 20.5. The lowest BCUT2D eigenvalue weighted by atomic mass is 9.80. The zero-order valence-electron chi connectivity index (χ0n) is 16.5. The van der Waals surface area contributed by atoms with E-state index in [2.05, 4.69) is 15.3 Å². The molecule has 3 aromatic rings. The molecule has 0 radical (unpaired) electrons. The molecule has 2 aromatic carbocycles. The molecule has 1 heterocycles. The number of nitrogens with zero attached hydrogens (tertiary/aromatic N) is 1. The van der Waals surface area contributed by atoms with Crippen molar-refractivity contribution in [1.29, 1.82) is 0 Å². The first-order chi connectivity index (χ1) is 14.4. The first-order valence-electron chi connectivity index (χ1n) is 10.3. The van der Waals surface area contributed by atoms with Gasteiger partial charge in [0.05, 0.1) is 16.6 Å². The monoisotopic (exact) mass is 415 g/mol. The Bertz CT molecular complexity index is 987. The van der Waals surface area contributed by atoms with Crippen LogP contribution in [0.15, 0.2) is 48.5 Å². The summed E-state index contributed by atoms with van der Waals surface area (Å²) in [6.07, 6.45) is -0.254. The van der Waals surface area contributed by atoms with Crippen LogP contribution in [0.5, 0.6) is 0 Å². The second kappa shape index (κ2) is 8.50. The summed E-state index contributed by atoms with van der Waals surface area (Å²) in [6.45, 7) is -0.104. The fourth-order valence-electron chi connectivity index (χ4n) is 4.28. The van der Waals surface area contributed by atoms with Crippen LogP contribution >= 0.6 is 0 Å². The summed E-state index contributed by atoms with van der Waals surface area (Å²) >= 11 is 0. The van der Waals surface area contributed by atoms with E-state index in [-0.39, 0.29) is 23.9 Å². The number of hydrogen-bond donors (Lipinski definition) is 2. The summed E-state index contributed by atoms with van der Waals surface area (Å²) in [5, 5.41) is 2.71. The third-order valence-corrected chi connectivity index (χ3v) is 5.91. The van der Waals surface area contributed by atoms with Gasteiger partial charge in [0, 0.05) is 18.9 Å². The molecule has 0 aliphatic heterocycles. The Kier molecular flexibility index (Phi) is 5.79. The molecule has 4 rings (SSSR count). The highest BCUT2D eigenvalue weighted by Gasteiger charge is 2.33. The van der Waals surface area contributed by atoms with Crippen molar-refractivity contribution in [2.24, 2.45) is 11.8 Å². The maximum absolute atomic E-state index is 13.1. The first kappa shape index (κ1) is 20.4. The third-order valence-electron chi connectivity index (χ3n) is 5.91. The van der Waals surface area contributed by atoms with Crippen LogP contribution in [0, 0.1) is 11.8 Å². The molecule has 1 fully saturated rings. The number of rotatable bonds is 5. The van der Waals surface area contributed by atoms with Gasteiger partial charge in [-0.3, -0.25) is 4.79 Å². The normalized spacial score (nSPS) is 19.7. The fraction of sp³-hybridized carbons (Fsp3) is 0.391. The minimum absolute atomic E-state index is 0.0944. The molecule has 1 saturated carbocycles. The summed E-state index contributed by atoms with van der Waals surface area (Å²) in [5.74, 6) is 1.12. The molecule has 1 aromatic heterocycles. The second-order valence-electron chi connectivity index (χ2n) is 8.00. The highest BCUT2D eigenvalue weighted by molar-refractivity contribution is 5.78. The van der Waals surface area contributed by atoms with Crippen LogP contribution < -0.4 is 5.32 Å². The minimum atomic E-state index is -4.42. The highest BCUT2D eigenvalue weighted by atomic mass is 19.4. The number of imidazole rings is 1. The molecule has 1 aliphatic rings. The molecule has 0 atom stereocenters. The predicted octanol–water partition coefficient (Wildman–Crippen LogP) is 5.25. The summed E-state index contributed by atoms with van der Waals surface area (Å²) in [6, 6.07) is 13.3. The molecule has 0 spiro atoms. The average molecular weight is 415 g/mol. The Hall–Kier alpha value is -2.83. The van der Waals surface area contributed by atoms with E-state index in [1.54, 1.807) is 6.07 Å². The zero-order valence-corrected chi connectivity index (χ0v) is 16.5. The molecule has 2 N–H and O–H groups in total. The summed E-state index contributed by atoms with van der Waals surface area (Å²) in [7, 11) is 0. The van der Waals surface area contributed by atoms with Crippen molar-refractivity contribution >= 4 is 16.9 Å². The van der Waals surface area contributed by atoms with Gasteiger partial charge in [0.25, 0.3) is 0 Å². The number of carbonyl (C=O) groups excluding carboxylic acids is 1. The van der Waals surface area contributed by atoms with E-state index in [9.17, 15) is 18.0 Å². The van der Waals surface area contributed by atoms with Gasteiger partial charge in [-0.15, -0.1) is 0 Å². The van der Waals surface area contributed by atoms with Gasteiger partial charge < -0.3 is 10.3 Å². The number of hydrogen-bond acceptors (Lipinski definition) is 2. The SMILES string of the molecule is O=C(NCc1ccccc1C(F)(F)F)C1CCC(Cc2nc3ccccc3[nH]2)CC1. The van der Waals surface area contributed by atoms with E-state index in [1.807, 2.05) is 24.3 Å². The molecular weight excluding hydrogens is 391 g/mol. The van der Waals surface area contributed by atoms with E-state index in [0.29, 0.717) is 5.92 Å². The summed E-state index contributed by atoms with van der Waals surface area (Å²) in [5.41, 5.74) is 1.39. The van der Waals surface area contributed by atoms with Gasteiger partial charge in [0.1, 0.15) is 5.82 Å². The quantitative estimate of drug-likeness (QED) is 0.598. The lowest BCUT2D eigenvalue weighted by Gasteiger charge is -2.27. The maximum Gasteiger partial charge on any atom is 0.416 e. The molecular formula is C23H24F3N3O. The van der Waals surface area contributed by atoms with Crippen molar-refractivity contribution in [1.82, 2.24) is 15.3 Å². The number of aromatic nitrogens is 2. The molecule has 0 bridgehead atoms. The van der Waals surface area contributed by atoms with Crippen LogP contribution in [-0.2, 0) is 23.9 Å². The van der Waals surface area contributed by atoms with Crippen molar-refractivity contribution < 1.29 is 18.0 Å². The molecule has 1 aliphatic carbocycles. The van der Waals surface area contributed by atoms with Crippen molar-refractivity contribution in [2.45, 2.75) is 44.8 Å². The van der Waals surface area contributed by atoms with Gasteiger partial charge in [-0.2, -0.15) is 13.2 Å². The second-order valence-corrected chi connectivity index (χ2v) is 8.00. The number of halogens is 3. The number of alkyl halides is 3. The van der Waals surface area contributed by atoms with Crippen LogP contribution in [0.3, 0.4) is 0 Å². The van der Waals surface area contributed by atoms with Crippen LogP contribution in [0.4, 0.5) is 13.2 Å². The minimum Gasteiger partial charge on any atom is -0.352 e. The number of carbonyl (C=O) groups is 1. The lowest BCUT2D eigenvalue weighted by Crippen LogP contribution is -2.33. The van der Waals surface area contributed by atoms with Crippen molar-refractivity contribution in [3.05, 3.63) is 65.5 Å².